The average Bonchev–Trinajstić information content (AvgIpc) is 2.63. The lowest BCUT2D eigenvalue weighted by molar-refractivity contribution is -0.383. The molecule has 2 aromatic carbocycles. The Kier molecular flexibility index (Phi) is 7.82. The minimum absolute atomic E-state index is 0.0712. The summed E-state index contributed by atoms with van der Waals surface area (Å²) in [4.78, 5) is 35.8. The Morgan fingerprint density at radius 3 is 2.26 bits per heavy atom. The number of hydrogen-bond acceptors (Lipinski definition) is 5. The molecule has 2 amide bonds. The molecule has 0 bridgehead atoms. The van der Waals surface area contributed by atoms with Crippen molar-refractivity contribution in [1.29, 1.82) is 0 Å². The SMILES string of the molecule is CN(CC(=O)Nc1ccc(Cl)c(C(F)(F)F)c1)CC(=O)Nc1ccc(Cl)cc1[N+](=O)[O-]. The van der Waals surface area contributed by atoms with Crippen molar-refractivity contribution in [2.75, 3.05) is 30.8 Å². The highest BCUT2D eigenvalue weighted by Crippen LogP contribution is 2.36. The first-order valence-electron chi connectivity index (χ1n) is 8.45. The third-order valence-electron chi connectivity index (χ3n) is 3.81. The van der Waals surface area contributed by atoms with Crippen molar-refractivity contribution >= 4 is 52.1 Å². The number of carbonyl (C=O) groups is 2. The molecule has 0 aliphatic rings. The molecule has 0 fully saturated rings. The first-order valence-corrected chi connectivity index (χ1v) is 9.21. The van der Waals surface area contributed by atoms with Gasteiger partial charge in [0.2, 0.25) is 11.8 Å². The molecule has 31 heavy (non-hydrogen) atoms. The Labute approximate surface area is 184 Å². The van der Waals surface area contributed by atoms with E-state index in [2.05, 4.69) is 10.6 Å². The summed E-state index contributed by atoms with van der Waals surface area (Å²) >= 11 is 11.2. The molecule has 0 aliphatic carbocycles. The molecule has 2 N–H and O–H groups in total. The highest BCUT2D eigenvalue weighted by atomic mass is 35.5. The van der Waals surface area contributed by atoms with Crippen LogP contribution in [-0.2, 0) is 15.8 Å². The number of benzene rings is 2. The maximum absolute atomic E-state index is 12.9. The Balaban J connectivity index is 1.96. The van der Waals surface area contributed by atoms with Crippen LogP contribution < -0.4 is 10.6 Å². The molecular weight excluding hydrogens is 464 g/mol. The normalized spacial score (nSPS) is 11.3. The molecule has 0 aliphatic heterocycles. The molecule has 0 atom stereocenters. The summed E-state index contributed by atoms with van der Waals surface area (Å²) in [6.45, 7) is -0.651. The van der Waals surface area contributed by atoms with Crippen LogP contribution in [0.25, 0.3) is 0 Å². The van der Waals surface area contributed by atoms with Gasteiger partial charge in [-0.2, -0.15) is 13.2 Å². The van der Waals surface area contributed by atoms with E-state index in [1.165, 1.54) is 30.1 Å². The predicted octanol–water partition coefficient (Wildman–Crippen LogP) is 4.43. The Morgan fingerprint density at radius 1 is 1.06 bits per heavy atom. The van der Waals surface area contributed by atoms with Gasteiger partial charge in [-0.25, -0.2) is 0 Å². The zero-order valence-electron chi connectivity index (χ0n) is 15.8. The average molecular weight is 479 g/mol. The highest BCUT2D eigenvalue weighted by molar-refractivity contribution is 6.31. The van der Waals surface area contributed by atoms with Gasteiger partial charge >= 0.3 is 6.18 Å². The quantitative estimate of drug-likeness (QED) is 0.452. The van der Waals surface area contributed by atoms with Gasteiger partial charge in [0.1, 0.15) is 5.69 Å². The maximum atomic E-state index is 12.9. The topological polar surface area (TPSA) is 105 Å². The number of anilines is 2. The third kappa shape index (κ3) is 7.09. The lowest BCUT2D eigenvalue weighted by Crippen LogP contribution is -2.36. The van der Waals surface area contributed by atoms with Gasteiger partial charge < -0.3 is 10.6 Å². The van der Waals surface area contributed by atoms with Crippen molar-refractivity contribution in [3.8, 4) is 0 Å². The molecule has 0 spiro atoms. The molecule has 166 valence electrons. The largest absolute Gasteiger partial charge is 0.417 e. The summed E-state index contributed by atoms with van der Waals surface area (Å²) in [7, 11) is 1.42. The third-order valence-corrected chi connectivity index (χ3v) is 4.38. The predicted molar refractivity (Wildman–Crippen MR) is 109 cm³/mol. The van der Waals surface area contributed by atoms with Crippen molar-refractivity contribution in [3.05, 3.63) is 62.1 Å². The second-order valence-electron chi connectivity index (χ2n) is 6.38. The van der Waals surface area contributed by atoms with E-state index in [1.54, 1.807) is 0 Å². The smallest absolute Gasteiger partial charge is 0.325 e. The van der Waals surface area contributed by atoms with Crippen molar-refractivity contribution in [3.63, 3.8) is 0 Å². The Morgan fingerprint density at radius 2 is 1.68 bits per heavy atom. The van der Waals surface area contributed by atoms with Crippen LogP contribution in [0.5, 0.6) is 0 Å². The van der Waals surface area contributed by atoms with Gasteiger partial charge in [0.15, 0.2) is 0 Å². The fourth-order valence-electron chi connectivity index (χ4n) is 2.52. The van der Waals surface area contributed by atoms with Gasteiger partial charge in [0.05, 0.1) is 28.6 Å². The number of nitrogens with zero attached hydrogens (tertiary/aromatic N) is 2. The van der Waals surface area contributed by atoms with E-state index in [0.29, 0.717) is 6.07 Å². The van der Waals surface area contributed by atoms with Crippen molar-refractivity contribution < 1.29 is 27.7 Å². The monoisotopic (exact) mass is 478 g/mol. The number of rotatable bonds is 7. The van der Waals surface area contributed by atoms with E-state index >= 15 is 0 Å². The van der Waals surface area contributed by atoms with E-state index in [1.807, 2.05) is 0 Å². The molecular formula is C18H15Cl2F3N4O4. The van der Waals surface area contributed by atoms with Crippen molar-refractivity contribution in [2.24, 2.45) is 0 Å². The highest BCUT2D eigenvalue weighted by Gasteiger charge is 2.33. The van der Waals surface area contributed by atoms with Crippen LogP contribution in [0.2, 0.25) is 10.0 Å². The summed E-state index contributed by atoms with van der Waals surface area (Å²) < 4.78 is 38.7. The molecule has 2 rings (SSSR count). The fraction of sp³-hybridized carbons (Fsp3) is 0.222. The zero-order valence-corrected chi connectivity index (χ0v) is 17.3. The summed E-state index contributed by atoms with van der Waals surface area (Å²) in [5.41, 5.74) is -1.68. The summed E-state index contributed by atoms with van der Waals surface area (Å²) in [6.07, 6.45) is -4.68. The number of halogens is 5. The van der Waals surface area contributed by atoms with Gasteiger partial charge in [-0.1, -0.05) is 23.2 Å². The lowest BCUT2D eigenvalue weighted by atomic mass is 10.2. The number of nitro benzene ring substituents is 1. The van der Waals surface area contributed by atoms with Crippen LogP contribution in [0.3, 0.4) is 0 Å². The van der Waals surface area contributed by atoms with Crippen LogP contribution in [-0.4, -0.2) is 41.8 Å². The number of likely N-dealkylation sites (N-methyl/N-ethyl adjacent to an activating group) is 1. The number of carbonyl (C=O) groups excluding carboxylic acids is 2. The molecule has 8 nitrogen and oxygen atoms in total. The minimum atomic E-state index is -4.68. The second-order valence-corrected chi connectivity index (χ2v) is 7.22. The standard InChI is InChI=1S/C18H15Cl2F3N4O4/c1-26(9-17(29)25-14-5-2-10(19)6-15(14)27(30)31)8-16(28)24-11-3-4-13(20)12(7-11)18(21,22)23/h2-7H,8-9H2,1H3,(H,24,28)(H,25,29). The van der Waals surface area contributed by atoms with E-state index < -0.39 is 39.2 Å². The molecule has 0 radical (unpaired) electrons. The fourth-order valence-corrected chi connectivity index (χ4v) is 2.91. The molecule has 0 aromatic heterocycles. The van der Waals surface area contributed by atoms with Gasteiger partial charge in [-0.15, -0.1) is 0 Å². The van der Waals surface area contributed by atoms with Gasteiger partial charge in [0.25, 0.3) is 5.69 Å². The number of alkyl halides is 3. The number of nitrogens with one attached hydrogen (secondary N) is 2. The van der Waals surface area contributed by atoms with Gasteiger partial charge in [0, 0.05) is 16.8 Å². The Hall–Kier alpha value is -2.89. The number of amides is 2. The van der Waals surface area contributed by atoms with Gasteiger partial charge in [-0.3, -0.25) is 24.6 Å². The van der Waals surface area contributed by atoms with Crippen LogP contribution in [0.1, 0.15) is 5.56 Å². The maximum Gasteiger partial charge on any atom is 0.417 e. The van der Waals surface area contributed by atoms with Crippen molar-refractivity contribution in [2.45, 2.75) is 6.18 Å². The molecule has 2 aromatic rings. The Bertz CT molecular complexity index is 1020. The van der Waals surface area contributed by atoms with Crippen LogP contribution >= 0.6 is 23.2 Å². The van der Waals surface area contributed by atoms with E-state index in [0.717, 1.165) is 12.1 Å². The first kappa shape index (κ1) is 24.4. The lowest BCUT2D eigenvalue weighted by Gasteiger charge is -2.17. The van der Waals surface area contributed by atoms with Crippen LogP contribution in [0, 0.1) is 10.1 Å². The summed E-state index contributed by atoms with van der Waals surface area (Å²) in [6, 6.07) is 6.63. The number of hydrogen-bond donors (Lipinski definition) is 2. The summed E-state index contributed by atoms with van der Waals surface area (Å²) in [5, 5.41) is 15.3. The molecule has 0 heterocycles. The van der Waals surface area contributed by atoms with E-state index in [4.69, 9.17) is 23.2 Å². The molecule has 0 saturated carbocycles. The molecule has 13 heteroatoms. The van der Waals surface area contributed by atoms with Gasteiger partial charge in [-0.05, 0) is 37.4 Å². The van der Waals surface area contributed by atoms with Crippen molar-refractivity contribution in [1.82, 2.24) is 4.90 Å². The zero-order chi connectivity index (χ0) is 23.3. The summed E-state index contributed by atoms with van der Waals surface area (Å²) in [5.74, 6) is -1.32. The van der Waals surface area contributed by atoms with Crippen LogP contribution in [0.15, 0.2) is 36.4 Å². The minimum Gasteiger partial charge on any atom is -0.325 e. The first-order chi connectivity index (χ1) is 14.4. The van der Waals surface area contributed by atoms with Crippen LogP contribution in [0.4, 0.5) is 30.2 Å². The molecule has 0 saturated heterocycles. The molecule has 0 unspecified atom stereocenters. The van der Waals surface area contributed by atoms with E-state index in [9.17, 15) is 32.9 Å². The number of nitro groups is 1. The second kappa shape index (κ2) is 9.94. The van der Waals surface area contributed by atoms with E-state index in [-0.39, 0.29) is 29.5 Å².